The van der Waals surface area contributed by atoms with E-state index in [-0.39, 0.29) is 21.5 Å². The lowest BCUT2D eigenvalue weighted by Crippen LogP contribution is -2.13. The molecule has 8 heteroatoms. The average molecular weight is 397 g/mol. The third-order valence-electron chi connectivity index (χ3n) is 4.67. The highest BCUT2D eigenvalue weighted by Crippen LogP contribution is 2.60. The molecule has 0 amide bonds. The van der Waals surface area contributed by atoms with Gasteiger partial charge < -0.3 is 9.47 Å². The van der Waals surface area contributed by atoms with Gasteiger partial charge in [0.25, 0.3) is 0 Å². The Morgan fingerprint density at radius 2 is 1.80 bits per heavy atom. The van der Waals surface area contributed by atoms with Crippen LogP contribution in [0.4, 0.5) is 13.2 Å². The Morgan fingerprint density at radius 1 is 1.20 bits per heavy atom. The molecule has 1 aliphatic rings. The second kappa shape index (κ2) is 7.08. The fraction of sp³-hybridized carbons (Fsp3) is 0.471. The SMILES string of the molecule is COc1c(F)c(C)c(COC(=O)[C@H]2[C@H](C=C(Cl)Cl)C2(C)C)c(F)c1F. The molecule has 0 aliphatic heterocycles. The lowest BCUT2D eigenvalue weighted by atomic mass is 10.1. The Bertz CT molecular complexity index is 714. The first-order chi connectivity index (χ1) is 11.5. The largest absolute Gasteiger partial charge is 0.491 e. The minimum atomic E-state index is -1.46. The van der Waals surface area contributed by atoms with Crippen LogP contribution in [0.5, 0.6) is 5.75 Å². The van der Waals surface area contributed by atoms with E-state index in [1.807, 2.05) is 13.8 Å². The summed E-state index contributed by atoms with van der Waals surface area (Å²) in [4.78, 5) is 12.2. The Balaban J connectivity index is 2.18. The molecule has 0 N–H and O–H groups in total. The fourth-order valence-electron chi connectivity index (χ4n) is 2.95. The van der Waals surface area contributed by atoms with Crippen molar-refractivity contribution in [2.24, 2.45) is 17.3 Å². The number of methoxy groups -OCH3 is 1. The summed E-state index contributed by atoms with van der Waals surface area (Å²) in [5.74, 6) is -5.96. The molecule has 0 spiro atoms. The topological polar surface area (TPSA) is 35.5 Å². The predicted molar refractivity (Wildman–Crippen MR) is 88.0 cm³/mol. The van der Waals surface area contributed by atoms with E-state index < -0.39 is 47.1 Å². The van der Waals surface area contributed by atoms with Gasteiger partial charge in [0.15, 0.2) is 17.4 Å². The van der Waals surface area contributed by atoms with Crippen molar-refractivity contribution in [1.82, 2.24) is 0 Å². The van der Waals surface area contributed by atoms with Gasteiger partial charge in [-0.05, 0) is 29.9 Å². The van der Waals surface area contributed by atoms with E-state index in [1.54, 1.807) is 0 Å². The third kappa shape index (κ3) is 3.60. The molecule has 0 heterocycles. The molecule has 1 aromatic carbocycles. The zero-order valence-corrected chi connectivity index (χ0v) is 15.6. The lowest BCUT2D eigenvalue weighted by molar-refractivity contribution is -0.147. The number of carbonyl (C=O) groups is 1. The van der Waals surface area contributed by atoms with Crippen molar-refractivity contribution in [2.75, 3.05) is 7.11 Å². The van der Waals surface area contributed by atoms with Gasteiger partial charge in [-0.1, -0.05) is 37.0 Å². The molecule has 1 fully saturated rings. The normalized spacial score (nSPS) is 20.8. The van der Waals surface area contributed by atoms with E-state index in [0.29, 0.717) is 0 Å². The number of halogens is 5. The van der Waals surface area contributed by atoms with E-state index in [1.165, 1.54) is 13.0 Å². The van der Waals surface area contributed by atoms with Crippen molar-refractivity contribution < 1.29 is 27.4 Å². The van der Waals surface area contributed by atoms with E-state index in [9.17, 15) is 18.0 Å². The maximum absolute atomic E-state index is 14.1. The van der Waals surface area contributed by atoms with Crippen LogP contribution in [-0.2, 0) is 16.1 Å². The quantitative estimate of drug-likeness (QED) is 0.515. The van der Waals surface area contributed by atoms with Crippen LogP contribution >= 0.6 is 23.2 Å². The molecule has 1 saturated carbocycles. The predicted octanol–water partition coefficient (Wildman–Crippen LogP) is 5.06. The molecular weight excluding hydrogens is 380 g/mol. The smallest absolute Gasteiger partial charge is 0.310 e. The van der Waals surface area contributed by atoms with Crippen molar-refractivity contribution in [3.8, 4) is 5.75 Å². The Labute approximate surface area is 153 Å². The van der Waals surface area contributed by atoms with Crippen molar-refractivity contribution in [3.05, 3.63) is 39.1 Å². The highest BCUT2D eigenvalue weighted by molar-refractivity contribution is 6.55. The van der Waals surface area contributed by atoms with Crippen LogP contribution in [0.15, 0.2) is 10.6 Å². The van der Waals surface area contributed by atoms with Gasteiger partial charge in [0.2, 0.25) is 5.82 Å². The summed E-state index contributed by atoms with van der Waals surface area (Å²) in [5, 5.41) is 0. The molecule has 0 radical (unpaired) electrons. The van der Waals surface area contributed by atoms with Crippen molar-refractivity contribution >= 4 is 29.2 Å². The van der Waals surface area contributed by atoms with Crippen molar-refractivity contribution in [1.29, 1.82) is 0 Å². The molecule has 1 aromatic rings. The second-order valence-electron chi connectivity index (χ2n) is 6.47. The fourth-order valence-corrected chi connectivity index (χ4v) is 3.23. The summed E-state index contributed by atoms with van der Waals surface area (Å²) >= 11 is 11.2. The number of esters is 1. The number of ether oxygens (including phenoxy) is 2. The van der Waals surface area contributed by atoms with Gasteiger partial charge in [-0.2, -0.15) is 4.39 Å². The summed E-state index contributed by atoms with van der Waals surface area (Å²) in [6, 6.07) is 0. The average Bonchev–Trinajstić information content (AvgIpc) is 3.05. The maximum Gasteiger partial charge on any atom is 0.310 e. The highest BCUT2D eigenvalue weighted by atomic mass is 35.5. The molecule has 2 rings (SSSR count). The number of carbonyl (C=O) groups excluding carboxylic acids is 1. The number of hydrogen-bond donors (Lipinski definition) is 0. The van der Waals surface area contributed by atoms with Crippen LogP contribution in [0.1, 0.15) is 25.0 Å². The zero-order chi connectivity index (χ0) is 19.1. The first kappa shape index (κ1) is 19.9. The minimum Gasteiger partial charge on any atom is -0.491 e. The molecule has 0 bridgehead atoms. The Hall–Kier alpha value is -1.40. The summed E-state index contributed by atoms with van der Waals surface area (Å²) in [7, 11) is 1.03. The number of rotatable bonds is 5. The van der Waals surface area contributed by atoms with Crippen LogP contribution in [0, 0.1) is 41.6 Å². The lowest BCUT2D eigenvalue weighted by Gasteiger charge is -2.13. The first-order valence-corrected chi connectivity index (χ1v) is 8.19. The van der Waals surface area contributed by atoms with Gasteiger partial charge in [-0.3, -0.25) is 4.79 Å². The van der Waals surface area contributed by atoms with E-state index in [0.717, 1.165) is 7.11 Å². The number of allylic oxidation sites excluding steroid dienone is 1. The third-order valence-corrected chi connectivity index (χ3v) is 4.92. The van der Waals surface area contributed by atoms with Crippen LogP contribution in [0.2, 0.25) is 0 Å². The molecule has 1 aliphatic carbocycles. The number of hydrogen-bond acceptors (Lipinski definition) is 3. The van der Waals surface area contributed by atoms with E-state index >= 15 is 0 Å². The zero-order valence-electron chi connectivity index (χ0n) is 14.1. The van der Waals surface area contributed by atoms with Crippen LogP contribution < -0.4 is 4.74 Å². The van der Waals surface area contributed by atoms with Gasteiger partial charge in [-0.25, -0.2) is 8.78 Å². The van der Waals surface area contributed by atoms with Gasteiger partial charge in [0.05, 0.1) is 13.0 Å². The Kier molecular flexibility index (Phi) is 5.64. The molecule has 3 nitrogen and oxygen atoms in total. The summed E-state index contributed by atoms with van der Waals surface area (Å²) < 4.78 is 51.6. The first-order valence-electron chi connectivity index (χ1n) is 7.43. The molecule has 138 valence electrons. The van der Waals surface area contributed by atoms with Crippen LogP contribution in [0.25, 0.3) is 0 Å². The van der Waals surface area contributed by atoms with Crippen LogP contribution in [-0.4, -0.2) is 13.1 Å². The summed E-state index contributed by atoms with van der Waals surface area (Å²) in [6.45, 7) is 4.32. The maximum atomic E-state index is 14.1. The highest BCUT2D eigenvalue weighted by Gasteiger charge is 2.61. The monoisotopic (exact) mass is 396 g/mol. The standard InChI is InChI=1S/C17H17Cl2F3O3/c1-7-8(13(21)14(22)15(24-4)12(7)20)6-25-16(23)11-9(5-10(18)19)17(11,2)3/h5,9,11H,6H2,1-4H3/t9-,11+/m0/s1. The molecular formula is C17H17Cl2F3O3. The molecule has 2 atom stereocenters. The van der Waals surface area contributed by atoms with Gasteiger partial charge in [0, 0.05) is 5.56 Å². The van der Waals surface area contributed by atoms with Gasteiger partial charge >= 0.3 is 5.97 Å². The summed E-state index contributed by atoms with van der Waals surface area (Å²) in [5.41, 5.74) is -0.972. The Morgan fingerprint density at radius 3 is 2.32 bits per heavy atom. The van der Waals surface area contributed by atoms with E-state index in [4.69, 9.17) is 27.9 Å². The molecule has 0 unspecified atom stereocenters. The van der Waals surface area contributed by atoms with Crippen LogP contribution in [0.3, 0.4) is 0 Å². The molecule has 0 aromatic heterocycles. The van der Waals surface area contributed by atoms with Crippen molar-refractivity contribution in [3.63, 3.8) is 0 Å². The minimum absolute atomic E-state index is 0.0366. The van der Waals surface area contributed by atoms with Gasteiger partial charge in [-0.15, -0.1) is 0 Å². The second-order valence-corrected chi connectivity index (χ2v) is 7.48. The van der Waals surface area contributed by atoms with Gasteiger partial charge in [0.1, 0.15) is 11.1 Å². The number of benzene rings is 1. The molecule has 25 heavy (non-hydrogen) atoms. The molecule has 0 saturated heterocycles. The summed E-state index contributed by atoms with van der Waals surface area (Å²) in [6.07, 6.45) is 1.54. The van der Waals surface area contributed by atoms with E-state index in [2.05, 4.69) is 4.74 Å². The van der Waals surface area contributed by atoms with Crippen molar-refractivity contribution in [2.45, 2.75) is 27.4 Å².